The van der Waals surface area contributed by atoms with E-state index in [-0.39, 0.29) is 30.2 Å². The minimum atomic E-state index is -0.819. The van der Waals surface area contributed by atoms with Gasteiger partial charge < -0.3 is 20.6 Å². The van der Waals surface area contributed by atoms with Crippen molar-refractivity contribution in [3.63, 3.8) is 0 Å². The number of hydrogen-bond acceptors (Lipinski definition) is 3. The maximum atomic E-state index is 11.8. The first-order chi connectivity index (χ1) is 9.56. The fraction of sp³-hybridized carbons (Fsp3) is 0.769. The predicted octanol–water partition coefficient (Wildman–Crippen LogP) is 0.0188. The monoisotopic (exact) mass is 283 g/mol. The molecule has 2 fully saturated rings. The molecule has 0 radical (unpaired) electrons. The summed E-state index contributed by atoms with van der Waals surface area (Å²) >= 11 is 0. The molecule has 0 aromatic carbocycles. The van der Waals surface area contributed by atoms with Gasteiger partial charge in [-0.1, -0.05) is 0 Å². The van der Waals surface area contributed by atoms with Crippen LogP contribution in [0.4, 0.5) is 4.79 Å². The molecule has 0 bridgehead atoms. The Labute approximate surface area is 117 Å². The number of aliphatic carboxylic acids is 1. The van der Waals surface area contributed by atoms with Crippen LogP contribution in [0.1, 0.15) is 25.7 Å². The number of carboxylic acids is 1. The first-order valence-electron chi connectivity index (χ1n) is 7.08. The first-order valence-corrected chi connectivity index (χ1v) is 7.08. The third kappa shape index (κ3) is 4.40. The standard InChI is InChI=1S/C13H21N3O4/c17-11(18)7-9-3-6-16(8-9)13(20)15-5-4-14-12(19)10-1-2-10/h9-10H,1-8H2,(H,14,19)(H,15,20)(H,17,18). The molecular weight excluding hydrogens is 262 g/mol. The van der Waals surface area contributed by atoms with E-state index in [1.54, 1.807) is 4.90 Å². The van der Waals surface area contributed by atoms with Crippen molar-refractivity contribution >= 4 is 17.9 Å². The lowest BCUT2D eigenvalue weighted by Crippen LogP contribution is -2.42. The van der Waals surface area contributed by atoms with Crippen LogP contribution in [0.25, 0.3) is 0 Å². The van der Waals surface area contributed by atoms with Crippen LogP contribution in [0, 0.1) is 11.8 Å². The predicted molar refractivity (Wildman–Crippen MR) is 71.1 cm³/mol. The van der Waals surface area contributed by atoms with E-state index in [2.05, 4.69) is 10.6 Å². The molecule has 1 unspecified atom stereocenters. The van der Waals surface area contributed by atoms with Gasteiger partial charge in [0.1, 0.15) is 0 Å². The Morgan fingerprint density at radius 3 is 2.45 bits per heavy atom. The second-order valence-electron chi connectivity index (χ2n) is 5.50. The summed E-state index contributed by atoms with van der Waals surface area (Å²) in [6, 6.07) is -0.182. The SMILES string of the molecule is O=C(O)CC1CCN(C(=O)NCCNC(=O)C2CC2)C1. The number of nitrogens with zero attached hydrogens (tertiary/aromatic N) is 1. The quantitative estimate of drug-likeness (QED) is 0.598. The van der Waals surface area contributed by atoms with Gasteiger partial charge in [0.2, 0.25) is 5.91 Å². The van der Waals surface area contributed by atoms with Crippen molar-refractivity contribution in [2.24, 2.45) is 11.8 Å². The van der Waals surface area contributed by atoms with Gasteiger partial charge in [0, 0.05) is 38.5 Å². The van der Waals surface area contributed by atoms with Gasteiger partial charge in [0.15, 0.2) is 0 Å². The highest BCUT2D eigenvalue weighted by Gasteiger charge is 2.29. The number of rotatable bonds is 6. The summed E-state index contributed by atoms with van der Waals surface area (Å²) in [5.74, 6) is -0.518. The van der Waals surface area contributed by atoms with Crippen LogP contribution in [-0.4, -0.2) is 54.1 Å². The Morgan fingerprint density at radius 1 is 1.10 bits per heavy atom. The molecule has 112 valence electrons. The molecule has 1 saturated carbocycles. The van der Waals surface area contributed by atoms with Crippen LogP contribution in [0.5, 0.6) is 0 Å². The maximum Gasteiger partial charge on any atom is 0.317 e. The van der Waals surface area contributed by atoms with Gasteiger partial charge in [-0.25, -0.2) is 4.79 Å². The largest absolute Gasteiger partial charge is 0.481 e. The molecular formula is C13H21N3O4. The van der Waals surface area contributed by atoms with Crippen LogP contribution in [0.3, 0.4) is 0 Å². The summed E-state index contributed by atoms with van der Waals surface area (Å²) in [6.45, 7) is 1.93. The summed E-state index contributed by atoms with van der Waals surface area (Å²) in [5.41, 5.74) is 0. The molecule has 0 aromatic heterocycles. The Bertz CT molecular complexity index is 395. The molecule has 7 nitrogen and oxygen atoms in total. The van der Waals surface area contributed by atoms with Crippen molar-refractivity contribution < 1.29 is 19.5 Å². The van der Waals surface area contributed by atoms with Crippen molar-refractivity contribution in [3.05, 3.63) is 0 Å². The van der Waals surface area contributed by atoms with Crippen LogP contribution in [0.2, 0.25) is 0 Å². The molecule has 0 aromatic rings. The molecule has 7 heteroatoms. The average Bonchev–Trinajstić information content (AvgIpc) is 3.14. The lowest BCUT2D eigenvalue weighted by Gasteiger charge is -2.17. The number of nitrogens with one attached hydrogen (secondary N) is 2. The molecule has 1 saturated heterocycles. The molecule has 3 amide bonds. The third-order valence-electron chi connectivity index (χ3n) is 3.68. The van der Waals surface area contributed by atoms with Gasteiger partial charge >= 0.3 is 12.0 Å². The van der Waals surface area contributed by atoms with E-state index in [0.29, 0.717) is 26.2 Å². The fourth-order valence-corrected chi connectivity index (χ4v) is 2.39. The highest BCUT2D eigenvalue weighted by atomic mass is 16.4. The Morgan fingerprint density at radius 2 is 1.80 bits per heavy atom. The maximum absolute atomic E-state index is 11.8. The normalized spacial score (nSPS) is 21.6. The van der Waals surface area contributed by atoms with Crippen LogP contribution >= 0.6 is 0 Å². The summed E-state index contributed by atoms with van der Waals surface area (Å²) in [7, 11) is 0. The minimum absolute atomic E-state index is 0.0489. The van der Waals surface area contributed by atoms with Gasteiger partial charge in [0.25, 0.3) is 0 Å². The van der Waals surface area contributed by atoms with Crippen LogP contribution in [0.15, 0.2) is 0 Å². The lowest BCUT2D eigenvalue weighted by molar-refractivity contribution is -0.138. The van der Waals surface area contributed by atoms with Gasteiger partial charge in [-0.3, -0.25) is 9.59 Å². The summed E-state index contributed by atoms with van der Waals surface area (Å²) in [6.07, 6.45) is 2.78. The number of hydrogen-bond donors (Lipinski definition) is 3. The smallest absolute Gasteiger partial charge is 0.317 e. The fourth-order valence-electron chi connectivity index (χ4n) is 2.39. The van der Waals surface area contributed by atoms with Gasteiger partial charge in [-0.15, -0.1) is 0 Å². The lowest BCUT2D eigenvalue weighted by atomic mass is 10.1. The number of carbonyl (C=O) groups excluding carboxylic acids is 2. The highest BCUT2D eigenvalue weighted by molar-refractivity contribution is 5.81. The van der Waals surface area contributed by atoms with Crippen molar-refractivity contribution in [1.29, 1.82) is 0 Å². The van der Waals surface area contributed by atoms with Gasteiger partial charge in [-0.05, 0) is 25.2 Å². The van der Waals surface area contributed by atoms with Crippen molar-refractivity contribution in [3.8, 4) is 0 Å². The van der Waals surface area contributed by atoms with Crippen molar-refractivity contribution in [1.82, 2.24) is 15.5 Å². The number of carbonyl (C=O) groups is 3. The van der Waals surface area contributed by atoms with E-state index in [4.69, 9.17) is 5.11 Å². The second-order valence-corrected chi connectivity index (χ2v) is 5.50. The number of carboxylic acid groups (broad SMARTS) is 1. The zero-order chi connectivity index (χ0) is 14.5. The second kappa shape index (κ2) is 6.58. The van der Waals surface area contributed by atoms with Gasteiger partial charge in [-0.2, -0.15) is 0 Å². The number of urea groups is 1. The summed E-state index contributed by atoms with van der Waals surface area (Å²) < 4.78 is 0. The molecule has 3 N–H and O–H groups in total. The zero-order valence-electron chi connectivity index (χ0n) is 11.4. The Balaban J connectivity index is 1.58. The molecule has 1 aliphatic heterocycles. The first kappa shape index (κ1) is 14.6. The molecule has 2 aliphatic rings. The van der Waals surface area contributed by atoms with Crippen molar-refractivity contribution in [2.75, 3.05) is 26.2 Å². The minimum Gasteiger partial charge on any atom is -0.481 e. The van der Waals surface area contributed by atoms with Gasteiger partial charge in [0.05, 0.1) is 0 Å². The van der Waals surface area contributed by atoms with E-state index in [1.807, 2.05) is 0 Å². The van der Waals surface area contributed by atoms with Crippen LogP contribution in [-0.2, 0) is 9.59 Å². The molecule has 1 atom stereocenters. The van der Waals surface area contributed by atoms with Crippen LogP contribution < -0.4 is 10.6 Å². The summed E-state index contributed by atoms with van der Waals surface area (Å²) in [4.78, 5) is 35.4. The zero-order valence-corrected chi connectivity index (χ0v) is 11.4. The molecule has 2 rings (SSSR count). The number of amides is 3. The molecule has 0 spiro atoms. The molecule has 20 heavy (non-hydrogen) atoms. The third-order valence-corrected chi connectivity index (χ3v) is 3.68. The van der Waals surface area contributed by atoms with E-state index in [1.165, 1.54) is 0 Å². The summed E-state index contributed by atoms with van der Waals surface area (Å²) in [5, 5.41) is 14.2. The Hall–Kier alpha value is -1.79. The Kier molecular flexibility index (Phi) is 4.81. The van der Waals surface area contributed by atoms with E-state index in [0.717, 1.165) is 19.3 Å². The van der Waals surface area contributed by atoms with E-state index >= 15 is 0 Å². The topological polar surface area (TPSA) is 98.7 Å². The highest BCUT2D eigenvalue weighted by Crippen LogP contribution is 2.28. The number of likely N-dealkylation sites (tertiary alicyclic amines) is 1. The van der Waals surface area contributed by atoms with E-state index in [9.17, 15) is 14.4 Å². The molecule has 1 aliphatic carbocycles. The van der Waals surface area contributed by atoms with E-state index < -0.39 is 5.97 Å². The van der Waals surface area contributed by atoms with Crippen molar-refractivity contribution in [2.45, 2.75) is 25.7 Å². The average molecular weight is 283 g/mol. The molecule has 1 heterocycles.